The summed E-state index contributed by atoms with van der Waals surface area (Å²) < 4.78 is 5.69. The lowest BCUT2D eigenvalue weighted by Crippen LogP contribution is -2.20. The van der Waals surface area contributed by atoms with Crippen molar-refractivity contribution < 1.29 is 19.4 Å². The lowest BCUT2D eigenvalue weighted by Gasteiger charge is -2.09. The summed E-state index contributed by atoms with van der Waals surface area (Å²) in [6, 6.07) is 5.62. The molecule has 0 spiro atoms. The van der Waals surface area contributed by atoms with Crippen molar-refractivity contribution >= 4 is 33.6 Å². The Labute approximate surface area is 142 Å². The highest BCUT2D eigenvalue weighted by Gasteiger charge is 2.37. The van der Waals surface area contributed by atoms with Crippen LogP contribution in [0, 0.1) is 0 Å². The monoisotopic (exact) mass is 336 g/mol. The van der Waals surface area contributed by atoms with Crippen molar-refractivity contribution in [3.8, 4) is 5.75 Å². The molecular weight excluding hydrogens is 320 g/mol. The van der Waals surface area contributed by atoms with Gasteiger partial charge in [0.15, 0.2) is 0 Å². The number of aromatic nitrogens is 1. The molecule has 0 radical (unpaired) electrons. The molecule has 0 bridgehead atoms. The molecule has 0 saturated heterocycles. The molecule has 6 nitrogen and oxygen atoms in total. The summed E-state index contributed by atoms with van der Waals surface area (Å²) in [5, 5.41) is 13.1. The van der Waals surface area contributed by atoms with Gasteiger partial charge in [0.2, 0.25) is 0 Å². The molecule has 2 amide bonds. The minimum absolute atomic E-state index is 0.0920. The molecule has 0 unspecified atom stereocenters. The van der Waals surface area contributed by atoms with Gasteiger partial charge in [-0.1, -0.05) is 6.07 Å². The molecule has 6 heteroatoms. The Balaban J connectivity index is 1.96. The van der Waals surface area contributed by atoms with Gasteiger partial charge in [0.1, 0.15) is 12.4 Å². The fourth-order valence-corrected chi connectivity index (χ4v) is 4.24. The van der Waals surface area contributed by atoms with E-state index in [-0.39, 0.29) is 25.0 Å². The Hall–Kier alpha value is -2.86. The second-order valence-corrected chi connectivity index (χ2v) is 6.47. The number of ether oxygens (including phenoxy) is 1. The van der Waals surface area contributed by atoms with Gasteiger partial charge in [-0.15, -0.1) is 0 Å². The van der Waals surface area contributed by atoms with Gasteiger partial charge < -0.3 is 14.8 Å². The SMILES string of the molecule is O=C1NC(=O)c2c1c1c(c3[nH]c4cccc(OCCO)c4c23)CCC1. The van der Waals surface area contributed by atoms with Crippen LogP contribution in [0.15, 0.2) is 18.2 Å². The molecule has 1 aromatic heterocycles. The Morgan fingerprint density at radius 2 is 1.84 bits per heavy atom. The van der Waals surface area contributed by atoms with E-state index in [2.05, 4.69) is 10.3 Å². The number of aromatic amines is 1. The smallest absolute Gasteiger partial charge is 0.259 e. The molecule has 2 aliphatic rings. The summed E-state index contributed by atoms with van der Waals surface area (Å²) in [6.07, 6.45) is 2.68. The van der Waals surface area contributed by atoms with Crippen molar-refractivity contribution in [3.63, 3.8) is 0 Å². The average molecular weight is 336 g/mol. The summed E-state index contributed by atoms with van der Waals surface area (Å²) in [5.41, 5.74) is 4.89. The molecule has 25 heavy (non-hydrogen) atoms. The number of hydrogen-bond acceptors (Lipinski definition) is 4. The van der Waals surface area contributed by atoms with Crippen molar-refractivity contribution in [3.05, 3.63) is 40.5 Å². The van der Waals surface area contributed by atoms with Gasteiger partial charge in [0.25, 0.3) is 11.8 Å². The van der Waals surface area contributed by atoms with Crippen molar-refractivity contribution in [2.45, 2.75) is 19.3 Å². The molecule has 2 aromatic carbocycles. The van der Waals surface area contributed by atoms with Crippen LogP contribution in [0.4, 0.5) is 0 Å². The number of aryl methyl sites for hydroxylation is 1. The lowest BCUT2D eigenvalue weighted by atomic mass is 9.93. The molecule has 5 rings (SSSR count). The van der Waals surface area contributed by atoms with E-state index in [4.69, 9.17) is 9.84 Å². The summed E-state index contributed by atoms with van der Waals surface area (Å²) in [5.74, 6) is -0.0502. The first kappa shape index (κ1) is 14.5. The van der Waals surface area contributed by atoms with Crippen LogP contribution in [0.25, 0.3) is 21.8 Å². The molecular formula is C19H16N2O4. The lowest BCUT2D eigenvalue weighted by molar-refractivity contribution is 0.0880. The van der Waals surface area contributed by atoms with Gasteiger partial charge >= 0.3 is 0 Å². The van der Waals surface area contributed by atoms with E-state index in [0.717, 1.165) is 52.2 Å². The van der Waals surface area contributed by atoms with Crippen LogP contribution in [0.5, 0.6) is 5.75 Å². The first-order valence-electron chi connectivity index (χ1n) is 8.42. The summed E-state index contributed by atoms with van der Waals surface area (Å²) in [6.45, 7) is 0.0786. The number of carbonyl (C=O) groups excluding carboxylic acids is 2. The second-order valence-electron chi connectivity index (χ2n) is 6.47. The van der Waals surface area contributed by atoms with Crippen molar-refractivity contribution in [1.82, 2.24) is 10.3 Å². The Morgan fingerprint density at radius 3 is 2.68 bits per heavy atom. The maximum absolute atomic E-state index is 12.5. The number of imide groups is 1. The zero-order valence-electron chi connectivity index (χ0n) is 13.4. The molecule has 3 N–H and O–H groups in total. The number of fused-ring (bicyclic) bond motifs is 8. The van der Waals surface area contributed by atoms with Crippen LogP contribution >= 0.6 is 0 Å². The number of amides is 2. The molecule has 0 atom stereocenters. The maximum Gasteiger partial charge on any atom is 0.259 e. The van der Waals surface area contributed by atoms with E-state index in [1.165, 1.54) is 0 Å². The van der Waals surface area contributed by atoms with Crippen LogP contribution in [-0.4, -0.2) is 35.1 Å². The standard InChI is InChI=1S/C19H16N2O4/c22-7-8-25-12-6-2-5-11-14(12)15-16-13(18(23)21-19(16)24)9-3-1-4-10(9)17(15)20-11/h2,5-6,20,22H,1,3-4,7-8H2,(H,21,23,24). The number of H-pyrrole nitrogens is 1. The second kappa shape index (κ2) is 5.07. The molecule has 2 heterocycles. The predicted octanol–water partition coefficient (Wildman–Crippen LogP) is 2.06. The van der Waals surface area contributed by atoms with Crippen molar-refractivity contribution in [2.75, 3.05) is 13.2 Å². The third kappa shape index (κ3) is 1.83. The summed E-state index contributed by atoms with van der Waals surface area (Å²) >= 11 is 0. The maximum atomic E-state index is 12.5. The molecule has 3 aromatic rings. The number of carbonyl (C=O) groups is 2. The highest BCUT2D eigenvalue weighted by Crippen LogP contribution is 2.43. The number of rotatable bonds is 3. The van der Waals surface area contributed by atoms with E-state index in [1.54, 1.807) is 0 Å². The van der Waals surface area contributed by atoms with Crippen LogP contribution < -0.4 is 10.1 Å². The minimum Gasteiger partial charge on any atom is -0.490 e. The zero-order chi connectivity index (χ0) is 17.1. The summed E-state index contributed by atoms with van der Waals surface area (Å²) in [4.78, 5) is 28.3. The van der Waals surface area contributed by atoms with E-state index >= 15 is 0 Å². The minimum atomic E-state index is -0.349. The summed E-state index contributed by atoms with van der Waals surface area (Å²) in [7, 11) is 0. The van der Waals surface area contributed by atoms with E-state index in [9.17, 15) is 9.59 Å². The number of aliphatic hydroxyl groups is 1. The number of nitrogens with one attached hydrogen (secondary N) is 2. The van der Waals surface area contributed by atoms with Crippen molar-refractivity contribution in [2.24, 2.45) is 0 Å². The molecule has 1 aliphatic heterocycles. The van der Waals surface area contributed by atoms with Crippen LogP contribution in [0.2, 0.25) is 0 Å². The Kier molecular flexibility index (Phi) is 2.93. The van der Waals surface area contributed by atoms with Gasteiger partial charge in [0, 0.05) is 5.39 Å². The molecule has 1 aliphatic carbocycles. The van der Waals surface area contributed by atoms with Gasteiger partial charge in [-0.25, -0.2) is 0 Å². The van der Waals surface area contributed by atoms with Crippen LogP contribution in [0.3, 0.4) is 0 Å². The van der Waals surface area contributed by atoms with Crippen LogP contribution in [0.1, 0.15) is 38.3 Å². The fraction of sp³-hybridized carbons (Fsp3) is 0.263. The highest BCUT2D eigenvalue weighted by atomic mass is 16.5. The molecule has 0 saturated carbocycles. The first-order valence-corrected chi connectivity index (χ1v) is 8.42. The first-order chi connectivity index (χ1) is 12.2. The number of aliphatic hydroxyl groups excluding tert-OH is 1. The third-order valence-electron chi connectivity index (χ3n) is 5.14. The topological polar surface area (TPSA) is 91.4 Å². The zero-order valence-corrected chi connectivity index (χ0v) is 13.4. The normalized spacial score (nSPS) is 15.7. The third-order valence-corrected chi connectivity index (χ3v) is 5.14. The van der Waals surface area contributed by atoms with Gasteiger partial charge in [0.05, 0.1) is 34.2 Å². The van der Waals surface area contributed by atoms with E-state index in [1.807, 2.05) is 18.2 Å². The van der Waals surface area contributed by atoms with Crippen molar-refractivity contribution in [1.29, 1.82) is 0 Å². The average Bonchev–Trinajstić information content (AvgIpc) is 3.28. The van der Waals surface area contributed by atoms with Gasteiger partial charge in [-0.05, 0) is 42.5 Å². The highest BCUT2D eigenvalue weighted by molar-refractivity contribution is 6.31. The quantitative estimate of drug-likeness (QED) is 0.639. The largest absolute Gasteiger partial charge is 0.490 e. The number of hydrogen-bond donors (Lipinski definition) is 3. The fourth-order valence-electron chi connectivity index (χ4n) is 4.24. The van der Waals surface area contributed by atoms with E-state index < -0.39 is 0 Å². The molecule has 126 valence electrons. The Bertz CT molecular complexity index is 1080. The Morgan fingerprint density at radius 1 is 1.04 bits per heavy atom. The van der Waals surface area contributed by atoms with Gasteiger partial charge in [-0.2, -0.15) is 0 Å². The number of benzene rings is 2. The van der Waals surface area contributed by atoms with Gasteiger partial charge in [-0.3, -0.25) is 14.9 Å². The predicted molar refractivity (Wildman–Crippen MR) is 92.2 cm³/mol. The van der Waals surface area contributed by atoms with Crippen LogP contribution in [-0.2, 0) is 12.8 Å². The van der Waals surface area contributed by atoms with E-state index in [0.29, 0.717) is 16.9 Å². The molecule has 0 fully saturated rings.